The molecule has 2 fully saturated rings. The topological polar surface area (TPSA) is 21.8 Å². The van der Waals surface area contributed by atoms with Gasteiger partial charge in [-0.15, -0.1) is 0 Å². The summed E-state index contributed by atoms with van der Waals surface area (Å²) >= 11 is 0. The van der Waals surface area contributed by atoms with Crippen LogP contribution in [0.2, 0.25) is 5.04 Å². The third kappa shape index (κ3) is 5.37. The minimum atomic E-state index is -2.50. The van der Waals surface area contributed by atoms with Gasteiger partial charge in [0.05, 0.1) is 12.2 Å². The van der Waals surface area contributed by atoms with Crippen LogP contribution in [0.1, 0.15) is 91.9 Å². The Bertz CT molecular complexity index is 836. The molecule has 0 radical (unpaired) electrons. The summed E-state index contributed by atoms with van der Waals surface area (Å²) in [4.78, 5) is 0. The molecular weight excluding hydrogens is 432 g/mol. The van der Waals surface area contributed by atoms with E-state index in [9.17, 15) is 0 Å². The molecule has 0 N–H and O–H groups in total. The molecule has 34 heavy (non-hydrogen) atoms. The van der Waals surface area contributed by atoms with Crippen molar-refractivity contribution in [1.29, 1.82) is 0 Å². The van der Waals surface area contributed by atoms with Crippen LogP contribution in [-0.4, -0.2) is 27.1 Å². The van der Waals surface area contributed by atoms with Crippen molar-refractivity contribution in [2.75, 3.05) is 6.61 Å². The van der Waals surface area contributed by atoms with Crippen LogP contribution in [-0.2, 0) is 9.16 Å². The summed E-state index contributed by atoms with van der Waals surface area (Å²) < 4.78 is 13.6. The highest BCUT2D eigenvalue weighted by atomic mass is 28.4. The van der Waals surface area contributed by atoms with Gasteiger partial charge in [-0.2, -0.15) is 0 Å². The molecular formula is C31H46O2Si. The predicted octanol–water partition coefficient (Wildman–Crippen LogP) is 7.25. The lowest BCUT2D eigenvalue weighted by Gasteiger charge is -2.45. The summed E-state index contributed by atoms with van der Waals surface area (Å²) in [6, 6.07) is 22.2. The molecule has 0 amide bonds. The molecule has 2 nitrogen and oxygen atoms in total. The normalized spacial score (nSPS) is 24.2. The van der Waals surface area contributed by atoms with Gasteiger partial charge in [0.2, 0.25) is 0 Å². The fourth-order valence-corrected chi connectivity index (χ4v) is 11.1. The van der Waals surface area contributed by atoms with Gasteiger partial charge in [0.25, 0.3) is 8.32 Å². The van der Waals surface area contributed by atoms with E-state index >= 15 is 0 Å². The maximum Gasteiger partial charge on any atom is 0.261 e. The average Bonchev–Trinajstić information content (AvgIpc) is 3.55. The van der Waals surface area contributed by atoms with Crippen LogP contribution in [0.3, 0.4) is 0 Å². The summed E-state index contributed by atoms with van der Waals surface area (Å²) in [6.45, 7) is 10.3. The van der Waals surface area contributed by atoms with E-state index in [1.165, 1.54) is 74.6 Å². The Morgan fingerprint density at radius 3 is 1.88 bits per heavy atom. The van der Waals surface area contributed by atoms with Gasteiger partial charge in [0.1, 0.15) is 0 Å². The Morgan fingerprint density at radius 2 is 1.41 bits per heavy atom. The third-order valence-corrected chi connectivity index (χ3v) is 13.4. The lowest BCUT2D eigenvalue weighted by Crippen LogP contribution is -2.67. The summed E-state index contributed by atoms with van der Waals surface area (Å²) in [7, 11) is -2.50. The van der Waals surface area contributed by atoms with Crippen LogP contribution < -0.4 is 10.4 Å². The Balaban J connectivity index is 1.55. The first-order valence-corrected chi connectivity index (χ1v) is 15.7. The second kappa shape index (κ2) is 11.1. The molecule has 4 rings (SSSR count). The van der Waals surface area contributed by atoms with Crippen LogP contribution in [0.15, 0.2) is 60.7 Å². The minimum absolute atomic E-state index is 0.0264. The van der Waals surface area contributed by atoms with E-state index in [4.69, 9.17) is 9.16 Å². The highest BCUT2D eigenvalue weighted by molar-refractivity contribution is 6.99. The highest BCUT2D eigenvalue weighted by Gasteiger charge is 2.61. The third-order valence-electron chi connectivity index (χ3n) is 8.38. The molecule has 186 valence electrons. The molecule has 1 saturated carbocycles. The van der Waals surface area contributed by atoms with Crippen molar-refractivity contribution < 1.29 is 9.16 Å². The van der Waals surface area contributed by atoms with E-state index in [2.05, 4.69) is 88.4 Å². The SMILES string of the molecule is CCCCCCCCC[C@@]1(CO[Si](c2ccccc2)(c2ccccc2)C(C)(C)C)CC[C@@H]2O[C@@H]21. The Morgan fingerprint density at radius 1 is 0.853 bits per heavy atom. The molecule has 3 atom stereocenters. The number of hydrogen-bond acceptors (Lipinski definition) is 2. The van der Waals surface area contributed by atoms with Gasteiger partial charge in [-0.05, 0) is 34.7 Å². The van der Waals surface area contributed by atoms with E-state index in [1.54, 1.807) is 0 Å². The summed E-state index contributed by atoms with van der Waals surface area (Å²) in [5, 5.41) is 2.79. The maximum absolute atomic E-state index is 7.42. The van der Waals surface area contributed by atoms with Crippen molar-refractivity contribution in [1.82, 2.24) is 0 Å². The number of benzene rings is 2. The van der Waals surface area contributed by atoms with E-state index in [-0.39, 0.29) is 10.5 Å². The standard InChI is InChI=1S/C31H46O2Si/c1-5-6-7-8-9-10-17-23-31(24-22-28-29(31)33-28)25-32-34(30(2,3)4,26-18-13-11-14-19-26)27-20-15-12-16-21-27/h11-16,18-21,28-29H,5-10,17,22-25H2,1-4H3/t28-,29-,31-/m0/s1. The summed E-state index contributed by atoms with van der Waals surface area (Å²) in [5.74, 6) is 0. The molecule has 1 heterocycles. The van der Waals surface area contributed by atoms with Crippen molar-refractivity contribution >= 4 is 18.7 Å². The fraction of sp³-hybridized carbons (Fsp3) is 0.613. The Labute approximate surface area is 209 Å². The fourth-order valence-electron chi connectivity index (χ4n) is 6.41. The van der Waals surface area contributed by atoms with Crippen molar-refractivity contribution in [3.63, 3.8) is 0 Å². The number of ether oxygens (including phenoxy) is 1. The van der Waals surface area contributed by atoms with Crippen LogP contribution >= 0.6 is 0 Å². The monoisotopic (exact) mass is 478 g/mol. The van der Waals surface area contributed by atoms with E-state index in [0.717, 1.165) is 6.61 Å². The first kappa shape index (κ1) is 25.7. The summed E-state index contributed by atoms with van der Waals surface area (Å²) in [5.41, 5.74) is 0.196. The van der Waals surface area contributed by atoms with E-state index < -0.39 is 8.32 Å². The maximum atomic E-state index is 7.42. The summed E-state index contributed by atoms with van der Waals surface area (Å²) in [6.07, 6.45) is 14.2. The second-order valence-electron chi connectivity index (χ2n) is 11.8. The van der Waals surface area contributed by atoms with Crippen molar-refractivity contribution in [2.45, 2.75) is 109 Å². The van der Waals surface area contributed by atoms with Crippen LogP contribution in [0, 0.1) is 5.41 Å². The van der Waals surface area contributed by atoms with E-state index in [1.807, 2.05) is 0 Å². The molecule has 1 aliphatic heterocycles. The van der Waals surface area contributed by atoms with Gasteiger partial charge in [-0.3, -0.25) is 0 Å². The van der Waals surface area contributed by atoms with Gasteiger partial charge in [-0.25, -0.2) is 0 Å². The van der Waals surface area contributed by atoms with Crippen molar-refractivity contribution in [2.24, 2.45) is 5.41 Å². The molecule has 0 unspecified atom stereocenters. The zero-order valence-electron chi connectivity index (χ0n) is 22.0. The zero-order chi connectivity index (χ0) is 24.1. The molecule has 2 aromatic rings. The lowest BCUT2D eigenvalue weighted by molar-refractivity contribution is 0.0731. The minimum Gasteiger partial charge on any atom is -0.407 e. The quantitative estimate of drug-likeness (QED) is 0.172. The van der Waals surface area contributed by atoms with Gasteiger partial charge in [-0.1, -0.05) is 133 Å². The lowest BCUT2D eigenvalue weighted by atomic mass is 9.81. The molecule has 2 aliphatic rings. The van der Waals surface area contributed by atoms with E-state index in [0.29, 0.717) is 12.2 Å². The van der Waals surface area contributed by atoms with Crippen molar-refractivity contribution in [3.8, 4) is 0 Å². The number of epoxide rings is 1. The molecule has 0 aromatic heterocycles. The van der Waals surface area contributed by atoms with Gasteiger partial charge in [0, 0.05) is 12.0 Å². The Hall–Kier alpha value is -1.42. The number of rotatable bonds is 13. The zero-order valence-corrected chi connectivity index (χ0v) is 23.0. The number of unbranched alkanes of at least 4 members (excludes halogenated alkanes) is 6. The largest absolute Gasteiger partial charge is 0.407 e. The molecule has 1 aliphatic carbocycles. The molecule has 3 heteroatoms. The number of hydrogen-bond donors (Lipinski definition) is 0. The molecule has 0 spiro atoms. The number of fused-ring (bicyclic) bond motifs is 1. The first-order valence-electron chi connectivity index (χ1n) is 13.8. The smallest absolute Gasteiger partial charge is 0.261 e. The average molecular weight is 479 g/mol. The van der Waals surface area contributed by atoms with Crippen LogP contribution in [0.4, 0.5) is 0 Å². The van der Waals surface area contributed by atoms with Gasteiger partial charge >= 0.3 is 0 Å². The first-order chi connectivity index (χ1) is 16.4. The van der Waals surface area contributed by atoms with Crippen molar-refractivity contribution in [3.05, 3.63) is 60.7 Å². The highest BCUT2D eigenvalue weighted by Crippen LogP contribution is 2.55. The molecule has 2 aromatic carbocycles. The van der Waals surface area contributed by atoms with Gasteiger partial charge in [0.15, 0.2) is 0 Å². The molecule has 0 bridgehead atoms. The Kier molecular flexibility index (Phi) is 8.38. The van der Waals surface area contributed by atoms with Crippen LogP contribution in [0.25, 0.3) is 0 Å². The van der Waals surface area contributed by atoms with Gasteiger partial charge < -0.3 is 9.16 Å². The van der Waals surface area contributed by atoms with Crippen LogP contribution in [0.5, 0.6) is 0 Å². The predicted molar refractivity (Wildman–Crippen MR) is 147 cm³/mol. The molecule has 1 saturated heterocycles. The second-order valence-corrected chi connectivity index (χ2v) is 16.1.